The number of aromatic nitrogens is 2. The van der Waals surface area contributed by atoms with Crippen molar-refractivity contribution in [2.75, 3.05) is 0 Å². The predicted molar refractivity (Wildman–Crippen MR) is 65.3 cm³/mol. The van der Waals surface area contributed by atoms with Crippen LogP contribution in [0.1, 0.15) is 43.5 Å². The molecule has 1 aromatic rings. The summed E-state index contributed by atoms with van der Waals surface area (Å²) in [6, 6.07) is 0.0856. The van der Waals surface area contributed by atoms with Gasteiger partial charge in [0.05, 0.1) is 11.4 Å². The molecule has 1 fully saturated rings. The van der Waals surface area contributed by atoms with E-state index in [0.29, 0.717) is 16.3 Å². The molecule has 6 heteroatoms. The molecule has 1 aliphatic carbocycles. The minimum atomic E-state index is -3.42. The Morgan fingerprint density at radius 2 is 1.88 bits per heavy atom. The van der Waals surface area contributed by atoms with Crippen LogP contribution in [-0.4, -0.2) is 24.7 Å². The molecule has 0 unspecified atom stereocenters. The molecule has 0 saturated heterocycles. The lowest BCUT2D eigenvalue weighted by atomic mass is 9.96. The quantitative estimate of drug-likeness (QED) is 0.864. The zero-order valence-electron chi connectivity index (χ0n) is 10.3. The Balaban J connectivity index is 2.19. The molecule has 0 spiro atoms. The number of rotatable bonds is 3. The molecule has 0 amide bonds. The zero-order chi connectivity index (χ0) is 12.5. The second kappa shape index (κ2) is 4.78. The summed E-state index contributed by atoms with van der Waals surface area (Å²) in [7, 11) is -3.42. The van der Waals surface area contributed by atoms with Crippen molar-refractivity contribution in [2.45, 2.75) is 56.9 Å². The fourth-order valence-electron chi connectivity index (χ4n) is 2.44. The molecule has 0 aliphatic heterocycles. The van der Waals surface area contributed by atoms with E-state index in [4.69, 9.17) is 0 Å². The summed E-state index contributed by atoms with van der Waals surface area (Å²) in [6.07, 6.45) is 5.30. The summed E-state index contributed by atoms with van der Waals surface area (Å²) in [6.45, 7) is 3.44. The molecule has 5 nitrogen and oxygen atoms in total. The summed E-state index contributed by atoms with van der Waals surface area (Å²) in [5.41, 5.74) is 1.14. The highest BCUT2D eigenvalue weighted by atomic mass is 32.2. The predicted octanol–water partition coefficient (Wildman–Crippen LogP) is 1.64. The van der Waals surface area contributed by atoms with Gasteiger partial charge in [0.15, 0.2) is 0 Å². The van der Waals surface area contributed by atoms with Gasteiger partial charge >= 0.3 is 0 Å². The number of nitrogens with zero attached hydrogens (tertiary/aromatic N) is 1. The van der Waals surface area contributed by atoms with Crippen LogP contribution < -0.4 is 4.72 Å². The number of H-pyrrole nitrogens is 1. The highest BCUT2D eigenvalue weighted by Crippen LogP contribution is 2.22. The molecule has 1 aromatic heterocycles. The van der Waals surface area contributed by atoms with Crippen LogP contribution in [0, 0.1) is 13.8 Å². The molecule has 1 saturated carbocycles. The van der Waals surface area contributed by atoms with Gasteiger partial charge in [-0.05, 0) is 26.7 Å². The molecule has 0 radical (unpaired) electrons. The maximum Gasteiger partial charge on any atom is 0.244 e. The molecule has 1 aliphatic rings. The first-order valence-corrected chi connectivity index (χ1v) is 7.53. The monoisotopic (exact) mass is 257 g/mol. The van der Waals surface area contributed by atoms with Gasteiger partial charge in [0.1, 0.15) is 4.90 Å². The topological polar surface area (TPSA) is 74.8 Å². The van der Waals surface area contributed by atoms with Crippen LogP contribution in [0.2, 0.25) is 0 Å². The summed E-state index contributed by atoms with van der Waals surface area (Å²) >= 11 is 0. The van der Waals surface area contributed by atoms with Gasteiger partial charge in [0.25, 0.3) is 0 Å². The lowest BCUT2D eigenvalue weighted by Crippen LogP contribution is -2.36. The van der Waals surface area contributed by atoms with E-state index in [-0.39, 0.29) is 6.04 Å². The third-order valence-corrected chi connectivity index (χ3v) is 5.04. The molecule has 2 N–H and O–H groups in total. The Morgan fingerprint density at radius 3 is 2.41 bits per heavy atom. The maximum atomic E-state index is 12.2. The lowest BCUT2D eigenvalue weighted by molar-refractivity contribution is 0.412. The Morgan fingerprint density at radius 1 is 1.24 bits per heavy atom. The van der Waals surface area contributed by atoms with E-state index in [2.05, 4.69) is 14.9 Å². The lowest BCUT2D eigenvalue weighted by Gasteiger charge is -2.22. The van der Waals surface area contributed by atoms with E-state index in [1.54, 1.807) is 13.8 Å². The summed E-state index contributed by atoms with van der Waals surface area (Å²) in [5.74, 6) is 0. The van der Waals surface area contributed by atoms with Crippen molar-refractivity contribution in [3.05, 3.63) is 11.4 Å². The van der Waals surface area contributed by atoms with Crippen LogP contribution in [0.4, 0.5) is 0 Å². The Labute approximate surface area is 102 Å². The van der Waals surface area contributed by atoms with Crippen molar-refractivity contribution in [2.24, 2.45) is 0 Å². The van der Waals surface area contributed by atoms with Crippen LogP contribution in [0.25, 0.3) is 0 Å². The van der Waals surface area contributed by atoms with Crippen LogP contribution in [0.3, 0.4) is 0 Å². The first-order valence-electron chi connectivity index (χ1n) is 6.04. The summed E-state index contributed by atoms with van der Waals surface area (Å²) in [4.78, 5) is 0.308. The van der Waals surface area contributed by atoms with E-state index >= 15 is 0 Å². The largest absolute Gasteiger partial charge is 0.281 e. The second-order valence-electron chi connectivity index (χ2n) is 4.72. The Hall–Kier alpha value is -0.880. The van der Waals surface area contributed by atoms with Crippen LogP contribution in [0.5, 0.6) is 0 Å². The van der Waals surface area contributed by atoms with Crippen molar-refractivity contribution < 1.29 is 8.42 Å². The van der Waals surface area contributed by atoms with Crippen molar-refractivity contribution in [3.8, 4) is 0 Å². The minimum absolute atomic E-state index is 0.0856. The fourth-order valence-corrected chi connectivity index (χ4v) is 4.11. The fraction of sp³-hybridized carbons (Fsp3) is 0.727. The van der Waals surface area contributed by atoms with E-state index < -0.39 is 10.0 Å². The SMILES string of the molecule is Cc1n[nH]c(C)c1S(=O)(=O)NC1CCCCC1. The van der Waals surface area contributed by atoms with Crippen LogP contribution in [0.15, 0.2) is 4.90 Å². The molecular weight excluding hydrogens is 238 g/mol. The van der Waals surface area contributed by atoms with Gasteiger partial charge in [-0.3, -0.25) is 5.10 Å². The number of nitrogens with one attached hydrogen (secondary N) is 2. The number of sulfonamides is 1. The third kappa shape index (κ3) is 2.69. The summed E-state index contributed by atoms with van der Waals surface area (Å²) in [5, 5.41) is 6.64. The normalized spacial score (nSPS) is 18.5. The van der Waals surface area contributed by atoms with Crippen molar-refractivity contribution in [3.63, 3.8) is 0 Å². The van der Waals surface area contributed by atoms with E-state index in [1.807, 2.05) is 0 Å². The van der Waals surface area contributed by atoms with Crippen molar-refractivity contribution in [1.29, 1.82) is 0 Å². The number of hydrogen-bond donors (Lipinski definition) is 2. The number of hydrogen-bond acceptors (Lipinski definition) is 3. The van der Waals surface area contributed by atoms with E-state index in [1.165, 1.54) is 6.42 Å². The molecule has 2 rings (SSSR count). The van der Waals surface area contributed by atoms with Crippen molar-refractivity contribution in [1.82, 2.24) is 14.9 Å². The zero-order valence-corrected chi connectivity index (χ0v) is 11.1. The minimum Gasteiger partial charge on any atom is -0.281 e. The van der Waals surface area contributed by atoms with E-state index in [9.17, 15) is 8.42 Å². The molecule has 17 heavy (non-hydrogen) atoms. The first-order chi connectivity index (χ1) is 8.00. The second-order valence-corrected chi connectivity index (χ2v) is 6.37. The van der Waals surface area contributed by atoms with Crippen LogP contribution in [-0.2, 0) is 10.0 Å². The average molecular weight is 257 g/mol. The standard InChI is InChI=1S/C11H19N3O2S/c1-8-11(9(2)13-12-8)17(15,16)14-10-6-4-3-5-7-10/h10,14H,3-7H2,1-2H3,(H,12,13). The molecular formula is C11H19N3O2S. The van der Waals surface area contributed by atoms with Crippen molar-refractivity contribution >= 4 is 10.0 Å². The smallest absolute Gasteiger partial charge is 0.244 e. The molecule has 1 heterocycles. The number of aromatic amines is 1. The van der Waals surface area contributed by atoms with Gasteiger partial charge < -0.3 is 0 Å². The average Bonchev–Trinajstić information content (AvgIpc) is 2.59. The molecule has 96 valence electrons. The van der Waals surface area contributed by atoms with Gasteiger partial charge in [-0.25, -0.2) is 13.1 Å². The van der Waals surface area contributed by atoms with Gasteiger partial charge in [0, 0.05) is 6.04 Å². The molecule has 0 bridgehead atoms. The summed E-state index contributed by atoms with van der Waals surface area (Å²) < 4.78 is 27.3. The maximum absolute atomic E-state index is 12.2. The van der Waals surface area contributed by atoms with Crippen LogP contribution >= 0.6 is 0 Å². The van der Waals surface area contributed by atoms with E-state index in [0.717, 1.165) is 25.7 Å². The molecule has 0 aromatic carbocycles. The van der Waals surface area contributed by atoms with Gasteiger partial charge in [-0.2, -0.15) is 5.10 Å². The Bertz CT molecular complexity index is 467. The highest BCUT2D eigenvalue weighted by molar-refractivity contribution is 7.89. The first kappa shape index (κ1) is 12.6. The Kier molecular flexibility index (Phi) is 3.53. The van der Waals surface area contributed by atoms with Gasteiger partial charge in [-0.1, -0.05) is 19.3 Å². The van der Waals surface area contributed by atoms with Gasteiger partial charge in [-0.15, -0.1) is 0 Å². The highest BCUT2D eigenvalue weighted by Gasteiger charge is 2.26. The third-order valence-electron chi connectivity index (χ3n) is 3.26. The van der Waals surface area contributed by atoms with Gasteiger partial charge in [0.2, 0.25) is 10.0 Å². The number of aryl methyl sites for hydroxylation is 2. The molecule has 0 atom stereocenters.